The minimum Gasteiger partial charge on any atom is -0.352 e. The van der Waals surface area contributed by atoms with Crippen molar-refractivity contribution in [1.29, 1.82) is 5.26 Å². The zero-order valence-corrected chi connectivity index (χ0v) is 15.7. The predicted molar refractivity (Wildman–Crippen MR) is 101 cm³/mol. The lowest BCUT2D eigenvalue weighted by atomic mass is 10.1. The van der Waals surface area contributed by atoms with E-state index in [9.17, 15) is 9.18 Å². The van der Waals surface area contributed by atoms with E-state index in [1.165, 1.54) is 18.2 Å². The topological polar surface area (TPSA) is 80.5 Å². The van der Waals surface area contributed by atoms with Gasteiger partial charge in [-0.2, -0.15) is 5.26 Å². The van der Waals surface area contributed by atoms with Crippen LogP contribution in [-0.2, 0) is 11.3 Å². The second kappa shape index (κ2) is 8.85. The van der Waals surface area contributed by atoms with Crippen molar-refractivity contribution in [2.45, 2.75) is 44.7 Å². The van der Waals surface area contributed by atoms with Gasteiger partial charge in [0.1, 0.15) is 5.82 Å². The number of amides is 1. The molecule has 1 atom stereocenters. The summed E-state index contributed by atoms with van der Waals surface area (Å²) in [5, 5.41) is 15.4. The van der Waals surface area contributed by atoms with Gasteiger partial charge in [-0.05, 0) is 37.5 Å². The standard InChI is InChI=1S/C20H26FN5O/c1-23-20(24-12-16-10-14(11-22)6-7-18(16)21)25-17-8-9-26(13-17)19(27)15-4-2-3-5-15/h6-7,10,15,17H,2-5,8-9,12-13H2,1H3,(H2,23,24,25). The number of halogens is 1. The van der Waals surface area contributed by atoms with Crippen LogP contribution in [0.1, 0.15) is 43.2 Å². The second-order valence-corrected chi connectivity index (χ2v) is 7.24. The Morgan fingerprint density at radius 1 is 1.37 bits per heavy atom. The van der Waals surface area contributed by atoms with Crippen molar-refractivity contribution in [1.82, 2.24) is 15.5 Å². The molecule has 3 rings (SSSR count). The molecule has 1 heterocycles. The first-order valence-corrected chi connectivity index (χ1v) is 9.55. The molecule has 1 aliphatic carbocycles. The molecule has 1 aromatic carbocycles. The molecule has 144 valence electrons. The highest BCUT2D eigenvalue weighted by atomic mass is 19.1. The molecule has 6 nitrogen and oxygen atoms in total. The smallest absolute Gasteiger partial charge is 0.225 e. The highest BCUT2D eigenvalue weighted by molar-refractivity contribution is 5.81. The normalized spacial score (nSPS) is 20.6. The number of guanidine groups is 1. The number of hydrogen-bond acceptors (Lipinski definition) is 3. The van der Waals surface area contributed by atoms with E-state index >= 15 is 0 Å². The van der Waals surface area contributed by atoms with Crippen LogP contribution in [0.2, 0.25) is 0 Å². The summed E-state index contributed by atoms with van der Waals surface area (Å²) in [5.41, 5.74) is 0.842. The molecule has 0 aromatic heterocycles. The molecule has 27 heavy (non-hydrogen) atoms. The fourth-order valence-electron chi connectivity index (χ4n) is 3.86. The number of carbonyl (C=O) groups excluding carboxylic acids is 1. The van der Waals surface area contributed by atoms with Gasteiger partial charge in [0.05, 0.1) is 11.6 Å². The van der Waals surface area contributed by atoms with Gasteiger partial charge in [0.25, 0.3) is 0 Å². The van der Waals surface area contributed by atoms with Crippen molar-refractivity contribution in [3.63, 3.8) is 0 Å². The van der Waals surface area contributed by atoms with Crippen molar-refractivity contribution in [2.75, 3.05) is 20.1 Å². The molecule has 0 spiro atoms. The van der Waals surface area contributed by atoms with Crippen LogP contribution in [0.3, 0.4) is 0 Å². The van der Waals surface area contributed by atoms with E-state index in [4.69, 9.17) is 5.26 Å². The fourth-order valence-corrected chi connectivity index (χ4v) is 3.86. The summed E-state index contributed by atoms with van der Waals surface area (Å²) in [7, 11) is 1.66. The third kappa shape index (κ3) is 4.76. The van der Waals surface area contributed by atoms with Gasteiger partial charge in [-0.1, -0.05) is 12.8 Å². The number of carbonyl (C=O) groups is 1. The third-order valence-electron chi connectivity index (χ3n) is 5.39. The molecule has 2 aliphatic rings. The Bertz CT molecular complexity index is 751. The molecular formula is C20H26FN5O. The second-order valence-electron chi connectivity index (χ2n) is 7.24. The van der Waals surface area contributed by atoms with Crippen LogP contribution in [0.15, 0.2) is 23.2 Å². The quantitative estimate of drug-likeness (QED) is 0.628. The summed E-state index contributed by atoms with van der Waals surface area (Å²) in [6, 6.07) is 6.45. The number of nitrogens with zero attached hydrogens (tertiary/aromatic N) is 3. The monoisotopic (exact) mass is 371 g/mol. The van der Waals surface area contributed by atoms with Crippen molar-refractivity contribution in [3.05, 3.63) is 35.1 Å². The van der Waals surface area contributed by atoms with E-state index in [2.05, 4.69) is 15.6 Å². The number of benzene rings is 1. The van der Waals surface area contributed by atoms with Gasteiger partial charge < -0.3 is 15.5 Å². The van der Waals surface area contributed by atoms with Crippen LogP contribution in [0.5, 0.6) is 0 Å². The van der Waals surface area contributed by atoms with Crippen LogP contribution in [0.4, 0.5) is 4.39 Å². The predicted octanol–water partition coefficient (Wildman–Crippen LogP) is 2.15. The molecule has 2 fully saturated rings. The van der Waals surface area contributed by atoms with Gasteiger partial charge in [-0.25, -0.2) is 4.39 Å². The molecule has 1 saturated heterocycles. The van der Waals surface area contributed by atoms with E-state index in [0.717, 1.165) is 38.6 Å². The highest BCUT2D eigenvalue weighted by Crippen LogP contribution is 2.27. The van der Waals surface area contributed by atoms with Crippen LogP contribution in [0, 0.1) is 23.1 Å². The Morgan fingerprint density at radius 3 is 2.85 bits per heavy atom. The van der Waals surface area contributed by atoms with E-state index in [-0.39, 0.29) is 30.2 Å². The fraction of sp³-hybridized carbons (Fsp3) is 0.550. The first kappa shape index (κ1) is 19.2. The van der Waals surface area contributed by atoms with Crippen LogP contribution in [-0.4, -0.2) is 42.9 Å². The number of hydrogen-bond donors (Lipinski definition) is 2. The summed E-state index contributed by atoms with van der Waals surface area (Å²) >= 11 is 0. The summed E-state index contributed by atoms with van der Waals surface area (Å²) < 4.78 is 13.9. The number of rotatable bonds is 4. The molecule has 1 amide bonds. The van der Waals surface area contributed by atoms with Crippen molar-refractivity contribution in [3.8, 4) is 6.07 Å². The largest absolute Gasteiger partial charge is 0.352 e. The van der Waals surface area contributed by atoms with E-state index in [1.807, 2.05) is 11.0 Å². The maximum Gasteiger partial charge on any atom is 0.225 e. The first-order chi connectivity index (χ1) is 13.1. The Morgan fingerprint density at radius 2 is 2.15 bits per heavy atom. The van der Waals surface area contributed by atoms with E-state index in [1.54, 1.807) is 7.05 Å². The van der Waals surface area contributed by atoms with Crippen molar-refractivity contribution in [2.24, 2.45) is 10.9 Å². The van der Waals surface area contributed by atoms with Crippen molar-refractivity contribution >= 4 is 11.9 Å². The highest BCUT2D eigenvalue weighted by Gasteiger charge is 2.32. The Hall–Kier alpha value is -2.62. The molecular weight excluding hydrogens is 345 g/mol. The molecule has 2 N–H and O–H groups in total. The Kier molecular flexibility index (Phi) is 6.28. The van der Waals surface area contributed by atoms with Gasteiger partial charge in [-0.15, -0.1) is 0 Å². The number of nitrogens with one attached hydrogen (secondary N) is 2. The lowest BCUT2D eigenvalue weighted by Gasteiger charge is -2.21. The molecule has 1 unspecified atom stereocenters. The summed E-state index contributed by atoms with van der Waals surface area (Å²) in [6.07, 6.45) is 5.23. The zero-order chi connectivity index (χ0) is 19.2. The SMILES string of the molecule is CN=C(NCc1cc(C#N)ccc1F)NC1CCN(C(=O)C2CCCC2)C1. The molecule has 7 heteroatoms. The maximum atomic E-state index is 13.9. The van der Waals surface area contributed by atoms with Crippen LogP contribution < -0.4 is 10.6 Å². The Labute approximate surface area is 159 Å². The first-order valence-electron chi connectivity index (χ1n) is 9.55. The van der Waals surface area contributed by atoms with Gasteiger partial charge in [-0.3, -0.25) is 9.79 Å². The average molecular weight is 371 g/mol. The lowest BCUT2D eigenvalue weighted by molar-refractivity contribution is -0.134. The molecule has 1 aromatic rings. The Balaban J connectivity index is 1.51. The van der Waals surface area contributed by atoms with Gasteiger partial charge in [0.15, 0.2) is 5.96 Å². The lowest BCUT2D eigenvalue weighted by Crippen LogP contribution is -2.45. The number of likely N-dealkylation sites (tertiary alicyclic amines) is 1. The minimum absolute atomic E-state index is 0.136. The molecule has 0 radical (unpaired) electrons. The average Bonchev–Trinajstić information content (AvgIpc) is 3.37. The minimum atomic E-state index is -0.355. The molecule has 1 saturated carbocycles. The van der Waals surface area contributed by atoms with Gasteiger partial charge in [0, 0.05) is 44.2 Å². The molecule has 1 aliphatic heterocycles. The maximum absolute atomic E-state index is 13.9. The number of nitriles is 1. The van der Waals surface area contributed by atoms with Crippen molar-refractivity contribution < 1.29 is 9.18 Å². The van der Waals surface area contributed by atoms with Gasteiger partial charge in [0.2, 0.25) is 5.91 Å². The summed E-state index contributed by atoms with van der Waals surface area (Å²) in [6.45, 7) is 1.68. The van der Waals surface area contributed by atoms with E-state index in [0.29, 0.717) is 23.6 Å². The van der Waals surface area contributed by atoms with Gasteiger partial charge >= 0.3 is 0 Å². The summed E-state index contributed by atoms with van der Waals surface area (Å²) in [5.74, 6) is 0.704. The van der Waals surface area contributed by atoms with E-state index < -0.39 is 0 Å². The molecule has 0 bridgehead atoms. The summed E-state index contributed by atoms with van der Waals surface area (Å²) in [4.78, 5) is 18.7. The zero-order valence-electron chi connectivity index (χ0n) is 15.7. The number of aliphatic imine (C=N–C) groups is 1. The van der Waals surface area contributed by atoms with Crippen LogP contribution >= 0.6 is 0 Å². The van der Waals surface area contributed by atoms with Crippen LogP contribution in [0.25, 0.3) is 0 Å². The third-order valence-corrected chi connectivity index (χ3v) is 5.39.